The van der Waals surface area contributed by atoms with Crippen LogP contribution in [-0.4, -0.2) is 78.5 Å². The highest BCUT2D eigenvalue weighted by Crippen LogP contribution is 2.30. The van der Waals surface area contributed by atoms with Crippen LogP contribution < -0.4 is 0 Å². The van der Waals surface area contributed by atoms with Crippen LogP contribution in [0, 0.1) is 5.82 Å². The molecule has 0 unspecified atom stereocenters. The van der Waals surface area contributed by atoms with Crippen molar-refractivity contribution in [2.75, 3.05) is 46.9 Å². The first-order valence-electron chi connectivity index (χ1n) is 11.5. The molecule has 0 aliphatic carbocycles. The van der Waals surface area contributed by atoms with Gasteiger partial charge in [0.2, 0.25) is 0 Å². The molecule has 0 radical (unpaired) electrons. The highest BCUT2D eigenvalue weighted by Gasteiger charge is 2.31. The Labute approximate surface area is 203 Å². The number of carbonyl (C=O) groups excluding carboxylic acids is 2. The van der Waals surface area contributed by atoms with Crippen LogP contribution in [0.15, 0.2) is 48.5 Å². The summed E-state index contributed by atoms with van der Waals surface area (Å²) in [5, 5.41) is 4.53. The molecular weight excluding hydrogens is 451 g/mol. The molecule has 0 saturated carbocycles. The van der Waals surface area contributed by atoms with E-state index in [1.807, 2.05) is 6.07 Å². The molecule has 8 nitrogen and oxygen atoms in total. The number of aromatic nitrogens is 2. The minimum atomic E-state index is -0.763. The first kappa shape index (κ1) is 24.6. The quantitative estimate of drug-likeness (QED) is 0.480. The third kappa shape index (κ3) is 5.11. The monoisotopic (exact) mass is 480 g/mol. The number of methoxy groups -OCH3 is 2. The van der Waals surface area contributed by atoms with E-state index >= 15 is 4.39 Å². The first-order chi connectivity index (χ1) is 17.0. The highest BCUT2D eigenvalue weighted by atomic mass is 19.1. The molecule has 35 heavy (non-hydrogen) atoms. The summed E-state index contributed by atoms with van der Waals surface area (Å²) in [6.07, 6.45) is 0. The maximum atomic E-state index is 15.2. The van der Waals surface area contributed by atoms with Crippen molar-refractivity contribution in [3.63, 3.8) is 0 Å². The number of ether oxygens (including phenoxy) is 2. The van der Waals surface area contributed by atoms with Crippen molar-refractivity contribution < 1.29 is 23.5 Å². The SMILES string of the molecule is CCN1CCN(Cc2ccc(-c3nn(-c4ccccc4)c(C(=O)OC)c3C(=O)OC)cc2F)CC1. The number of halogens is 1. The van der Waals surface area contributed by atoms with Gasteiger partial charge in [0.15, 0.2) is 5.69 Å². The maximum Gasteiger partial charge on any atom is 0.357 e. The number of likely N-dealkylation sites (N-methyl/N-ethyl adjacent to an activating group) is 1. The van der Waals surface area contributed by atoms with Gasteiger partial charge in [-0.2, -0.15) is 5.10 Å². The van der Waals surface area contributed by atoms with Crippen molar-refractivity contribution in [2.45, 2.75) is 13.5 Å². The Kier molecular flexibility index (Phi) is 7.57. The van der Waals surface area contributed by atoms with Crippen molar-refractivity contribution in [3.05, 3.63) is 71.2 Å². The number of hydrogen-bond acceptors (Lipinski definition) is 7. The molecular formula is C26H29FN4O4. The van der Waals surface area contributed by atoms with Gasteiger partial charge in [-0.1, -0.05) is 37.3 Å². The number of benzene rings is 2. The molecule has 1 aliphatic rings. The Bertz CT molecular complexity index is 1200. The Morgan fingerprint density at radius 3 is 2.20 bits per heavy atom. The number of hydrogen-bond donors (Lipinski definition) is 0. The fourth-order valence-corrected chi connectivity index (χ4v) is 4.28. The molecule has 184 valence electrons. The van der Waals surface area contributed by atoms with Crippen molar-refractivity contribution in [1.29, 1.82) is 0 Å². The zero-order chi connectivity index (χ0) is 24.9. The van der Waals surface area contributed by atoms with Crippen molar-refractivity contribution in [3.8, 4) is 16.9 Å². The van der Waals surface area contributed by atoms with E-state index < -0.39 is 17.8 Å². The van der Waals surface area contributed by atoms with Crippen LogP contribution in [-0.2, 0) is 16.0 Å². The van der Waals surface area contributed by atoms with E-state index in [9.17, 15) is 9.59 Å². The Morgan fingerprint density at radius 1 is 0.943 bits per heavy atom. The molecule has 0 N–H and O–H groups in total. The minimum absolute atomic E-state index is 0.0777. The van der Waals surface area contributed by atoms with Gasteiger partial charge in [-0.25, -0.2) is 18.7 Å². The third-order valence-electron chi connectivity index (χ3n) is 6.29. The number of piperazine rings is 1. The van der Waals surface area contributed by atoms with Crippen LogP contribution in [0.1, 0.15) is 33.3 Å². The first-order valence-corrected chi connectivity index (χ1v) is 11.5. The van der Waals surface area contributed by atoms with Gasteiger partial charge in [0.25, 0.3) is 0 Å². The van der Waals surface area contributed by atoms with Gasteiger partial charge >= 0.3 is 11.9 Å². The second-order valence-electron chi connectivity index (χ2n) is 8.32. The summed E-state index contributed by atoms with van der Waals surface area (Å²) in [6, 6.07) is 13.6. The molecule has 1 saturated heterocycles. The molecule has 1 fully saturated rings. The second-order valence-corrected chi connectivity index (χ2v) is 8.32. The van der Waals surface area contributed by atoms with Crippen LogP contribution in [0.25, 0.3) is 16.9 Å². The lowest BCUT2D eigenvalue weighted by Gasteiger charge is -2.34. The topological polar surface area (TPSA) is 76.9 Å². The highest BCUT2D eigenvalue weighted by molar-refractivity contribution is 6.06. The zero-order valence-electron chi connectivity index (χ0n) is 20.2. The van der Waals surface area contributed by atoms with Gasteiger partial charge in [-0.15, -0.1) is 0 Å². The van der Waals surface area contributed by atoms with E-state index in [1.54, 1.807) is 36.4 Å². The normalized spacial score (nSPS) is 14.6. The second kappa shape index (κ2) is 10.8. The van der Waals surface area contributed by atoms with Crippen molar-refractivity contribution in [1.82, 2.24) is 19.6 Å². The summed E-state index contributed by atoms with van der Waals surface area (Å²) in [6.45, 7) is 7.35. The standard InChI is InChI=1S/C26H29FN4O4/c1-4-29-12-14-30(15-13-29)17-19-11-10-18(16-21(19)27)23-22(25(32)34-2)24(26(33)35-3)31(28-23)20-8-6-5-7-9-20/h5-11,16H,4,12-15,17H2,1-3H3. The maximum absolute atomic E-state index is 15.2. The van der Waals surface area contributed by atoms with Crippen LogP contribution in [0.5, 0.6) is 0 Å². The number of para-hydroxylation sites is 1. The van der Waals surface area contributed by atoms with Gasteiger partial charge < -0.3 is 14.4 Å². The average molecular weight is 481 g/mol. The molecule has 0 amide bonds. The van der Waals surface area contributed by atoms with Gasteiger partial charge in [0.05, 0.1) is 19.9 Å². The number of rotatable bonds is 7. The van der Waals surface area contributed by atoms with E-state index in [-0.39, 0.29) is 17.0 Å². The minimum Gasteiger partial charge on any atom is -0.465 e. The fraction of sp³-hybridized carbons (Fsp3) is 0.346. The predicted octanol–water partition coefficient (Wildman–Crippen LogP) is 3.39. The van der Waals surface area contributed by atoms with Gasteiger partial charge in [0, 0.05) is 43.9 Å². The number of esters is 2. The molecule has 1 aromatic heterocycles. The van der Waals surface area contributed by atoms with E-state index in [1.165, 1.54) is 25.0 Å². The smallest absolute Gasteiger partial charge is 0.357 e. The Balaban J connectivity index is 1.73. The molecule has 3 aromatic rings. The number of carbonyl (C=O) groups is 2. The Morgan fingerprint density at radius 2 is 1.60 bits per heavy atom. The zero-order valence-corrected chi connectivity index (χ0v) is 20.2. The summed E-state index contributed by atoms with van der Waals surface area (Å²) >= 11 is 0. The Hall–Kier alpha value is -3.56. The molecule has 0 atom stereocenters. The summed E-state index contributed by atoms with van der Waals surface area (Å²) < 4.78 is 26.4. The third-order valence-corrected chi connectivity index (χ3v) is 6.29. The van der Waals surface area contributed by atoms with Gasteiger partial charge in [0.1, 0.15) is 17.1 Å². The van der Waals surface area contributed by atoms with Crippen LogP contribution in [0.2, 0.25) is 0 Å². The average Bonchev–Trinajstić information content (AvgIpc) is 3.30. The molecule has 1 aliphatic heterocycles. The molecule has 4 rings (SSSR count). The van der Waals surface area contributed by atoms with Crippen molar-refractivity contribution in [2.24, 2.45) is 0 Å². The lowest BCUT2D eigenvalue weighted by molar-refractivity contribution is 0.0549. The summed E-state index contributed by atoms with van der Waals surface area (Å²) in [7, 11) is 2.44. The molecule has 9 heteroatoms. The lowest BCUT2D eigenvalue weighted by Crippen LogP contribution is -2.45. The lowest BCUT2D eigenvalue weighted by atomic mass is 10.0. The molecule has 0 bridgehead atoms. The fourth-order valence-electron chi connectivity index (χ4n) is 4.28. The predicted molar refractivity (Wildman–Crippen MR) is 129 cm³/mol. The van der Waals surface area contributed by atoms with E-state index in [0.717, 1.165) is 32.7 Å². The van der Waals surface area contributed by atoms with Gasteiger partial charge in [-0.3, -0.25) is 4.90 Å². The van der Waals surface area contributed by atoms with E-state index in [4.69, 9.17) is 9.47 Å². The summed E-state index contributed by atoms with van der Waals surface area (Å²) in [5.41, 5.74) is 1.46. The number of nitrogens with zero attached hydrogens (tertiary/aromatic N) is 4. The molecule has 2 heterocycles. The van der Waals surface area contributed by atoms with Crippen molar-refractivity contribution >= 4 is 11.9 Å². The van der Waals surface area contributed by atoms with Crippen LogP contribution in [0.4, 0.5) is 4.39 Å². The van der Waals surface area contributed by atoms with E-state index in [0.29, 0.717) is 23.4 Å². The molecule has 2 aromatic carbocycles. The molecule has 0 spiro atoms. The van der Waals surface area contributed by atoms with Crippen LogP contribution in [0.3, 0.4) is 0 Å². The van der Waals surface area contributed by atoms with Gasteiger partial charge in [-0.05, 0) is 24.7 Å². The van der Waals surface area contributed by atoms with E-state index in [2.05, 4.69) is 21.8 Å². The summed E-state index contributed by atoms with van der Waals surface area (Å²) in [4.78, 5) is 30.1. The summed E-state index contributed by atoms with van der Waals surface area (Å²) in [5.74, 6) is -1.91. The van der Waals surface area contributed by atoms with Crippen LogP contribution >= 0.6 is 0 Å². The largest absolute Gasteiger partial charge is 0.465 e.